The Balaban J connectivity index is 3.42. The van der Waals surface area contributed by atoms with Crippen LogP contribution in [-0.4, -0.2) is 31.1 Å². The topological polar surface area (TPSA) is 87.9 Å². The third-order valence-corrected chi connectivity index (χ3v) is 1.18. The molecule has 0 fully saturated rings. The van der Waals surface area contributed by atoms with E-state index in [0.717, 1.165) is 0 Å². The first-order valence-corrected chi connectivity index (χ1v) is 3.58. The molecule has 0 amide bonds. The molecule has 7 nitrogen and oxygen atoms in total. The molecule has 0 bridgehead atoms. The number of methoxy groups -OCH3 is 1. The molecule has 1 unspecified atom stereocenters. The van der Waals surface area contributed by atoms with Crippen LogP contribution in [0.1, 0.15) is 13.3 Å². The zero-order chi connectivity index (χ0) is 10.3. The summed E-state index contributed by atoms with van der Waals surface area (Å²) in [6.07, 6.45) is -1.16. The largest absolute Gasteiger partial charge is 0.507 e. The van der Waals surface area contributed by atoms with Gasteiger partial charge >= 0.3 is 6.16 Å². The number of carbonyl (C=O) groups excluding carboxylic acids is 1. The molecule has 0 heterocycles. The van der Waals surface area contributed by atoms with Crippen LogP contribution >= 0.6 is 0 Å². The summed E-state index contributed by atoms with van der Waals surface area (Å²) >= 11 is 0. The maximum atomic E-state index is 10.4. The third kappa shape index (κ3) is 6.85. The summed E-state index contributed by atoms with van der Waals surface area (Å²) in [7, 11) is 1.18. The summed E-state index contributed by atoms with van der Waals surface area (Å²) in [6, 6.07) is 0. The van der Waals surface area contributed by atoms with Crippen molar-refractivity contribution in [1.82, 2.24) is 0 Å². The third-order valence-electron chi connectivity index (χ3n) is 1.18. The fourth-order valence-corrected chi connectivity index (χ4v) is 0.567. The van der Waals surface area contributed by atoms with E-state index in [1.807, 2.05) is 0 Å². The molecular formula is C6H11NO6. The van der Waals surface area contributed by atoms with Crippen LogP contribution in [0.25, 0.3) is 0 Å². The van der Waals surface area contributed by atoms with Crippen molar-refractivity contribution in [3.63, 3.8) is 0 Å². The van der Waals surface area contributed by atoms with Gasteiger partial charge < -0.3 is 14.3 Å². The lowest BCUT2D eigenvalue weighted by Gasteiger charge is -2.08. The van der Waals surface area contributed by atoms with Crippen molar-refractivity contribution in [1.29, 1.82) is 0 Å². The Morgan fingerprint density at radius 3 is 2.69 bits per heavy atom. The summed E-state index contributed by atoms with van der Waals surface area (Å²) in [4.78, 5) is 24.4. The predicted molar refractivity (Wildman–Crippen MR) is 40.5 cm³/mol. The highest BCUT2D eigenvalue weighted by Crippen LogP contribution is 1.98. The van der Waals surface area contributed by atoms with Gasteiger partial charge in [-0.3, -0.25) is 0 Å². The molecule has 0 radical (unpaired) electrons. The van der Waals surface area contributed by atoms with E-state index in [1.165, 1.54) is 14.0 Å². The van der Waals surface area contributed by atoms with E-state index in [0.29, 0.717) is 0 Å². The maximum absolute atomic E-state index is 10.4. The van der Waals surface area contributed by atoms with Crippen molar-refractivity contribution in [2.75, 3.05) is 13.7 Å². The fourth-order valence-electron chi connectivity index (χ4n) is 0.567. The molecule has 0 aliphatic heterocycles. The van der Waals surface area contributed by atoms with E-state index in [-0.39, 0.29) is 13.0 Å². The van der Waals surface area contributed by atoms with Crippen molar-refractivity contribution in [3.05, 3.63) is 10.1 Å². The zero-order valence-corrected chi connectivity index (χ0v) is 7.39. The number of nitrogens with zero attached hydrogens (tertiary/aromatic N) is 1. The molecule has 0 saturated heterocycles. The lowest BCUT2D eigenvalue weighted by atomic mass is 10.3. The number of hydrogen-bond acceptors (Lipinski definition) is 6. The Hall–Kier alpha value is -1.53. The predicted octanol–water partition coefficient (Wildman–Crippen LogP) is 0.756. The van der Waals surface area contributed by atoms with Crippen LogP contribution in [0.3, 0.4) is 0 Å². The zero-order valence-electron chi connectivity index (χ0n) is 7.39. The van der Waals surface area contributed by atoms with E-state index in [1.54, 1.807) is 0 Å². The molecular weight excluding hydrogens is 182 g/mol. The Labute approximate surface area is 74.7 Å². The van der Waals surface area contributed by atoms with Gasteiger partial charge in [0.1, 0.15) is 6.10 Å². The van der Waals surface area contributed by atoms with Gasteiger partial charge in [-0.15, -0.1) is 10.1 Å². The molecule has 0 aromatic heterocycles. The van der Waals surface area contributed by atoms with Crippen molar-refractivity contribution in [3.8, 4) is 0 Å². The normalized spacial score (nSPS) is 11.5. The summed E-state index contributed by atoms with van der Waals surface area (Å²) in [6.45, 7) is 1.53. The second-order valence-electron chi connectivity index (χ2n) is 2.23. The first-order valence-electron chi connectivity index (χ1n) is 3.58. The Morgan fingerprint density at radius 2 is 2.23 bits per heavy atom. The molecule has 0 saturated carbocycles. The number of ether oxygens (including phenoxy) is 2. The summed E-state index contributed by atoms with van der Waals surface area (Å²) in [5.74, 6) is 0. The van der Waals surface area contributed by atoms with Crippen LogP contribution in [0.15, 0.2) is 0 Å². The Morgan fingerprint density at radius 1 is 1.62 bits per heavy atom. The van der Waals surface area contributed by atoms with E-state index in [4.69, 9.17) is 0 Å². The van der Waals surface area contributed by atoms with Crippen molar-refractivity contribution in [2.45, 2.75) is 19.4 Å². The average Bonchev–Trinajstić information content (AvgIpc) is 2.02. The molecule has 0 aromatic rings. The quantitative estimate of drug-likeness (QED) is 0.363. The molecule has 1 atom stereocenters. The van der Waals surface area contributed by atoms with Gasteiger partial charge in [0.15, 0.2) is 0 Å². The van der Waals surface area contributed by atoms with Gasteiger partial charge in [-0.2, -0.15) is 0 Å². The highest BCUT2D eigenvalue weighted by molar-refractivity contribution is 5.59. The minimum Gasteiger partial charge on any atom is -0.438 e. The lowest BCUT2D eigenvalue weighted by molar-refractivity contribution is -0.767. The summed E-state index contributed by atoms with van der Waals surface area (Å²) in [5, 5.41) is 8.93. The van der Waals surface area contributed by atoms with Crippen LogP contribution < -0.4 is 0 Å². The minimum atomic E-state index is -0.886. The second-order valence-corrected chi connectivity index (χ2v) is 2.23. The molecule has 0 aliphatic rings. The average molecular weight is 193 g/mol. The first-order chi connectivity index (χ1) is 6.06. The van der Waals surface area contributed by atoms with Crippen molar-refractivity contribution < 1.29 is 24.2 Å². The monoisotopic (exact) mass is 193 g/mol. The Kier molecular flexibility index (Phi) is 5.33. The SMILES string of the molecule is COC(=O)OCCC(C)O[N+](=O)[O-]. The lowest BCUT2D eigenvalue weighted by Crippen LogP contribution is -2.17. The number of hydrogen-bond donors (Lipinski definition) is 0. The molecule has 0 N–H and O–H groups in total. The molecule has 0 aliphatic carbocycles. The fraction of sp³-hybridized carbons (Fsp3) is 0.833. The van der Waals surface area contributed by atoms with Gasteiger partial charge in [-0.1, -0.05) is 0 Å². The van der Waals surface area contributed by atoms with Crippen LogP contribution in [0.2, 0.25) is 0 Å². The van der Waals surface area contributed by atoms with Gasteiger partial charge in [0, 0.05) is 6.42 Å². The van der Waals surface area contributed by atoms with Crippen LogP contribution in [-0.2, 0) is 14.3 Å². The standard InChI is InChI=1S/C6H11NO6/c1-5(13-7(9)10)3-4-12-6(8)11-2/h5H,3-4H2,1-2H3. The molecule has 0 spiro atoms. The summed E-state index contributed by atoms with van der Waals surface area (Å²) in [5.41, 5.74) is 0. The molecule has 13 heavy (non-hydrogen) atoms. The van der Waals surface area contributed by atoms with Gasteiger partial charge in [0.2, 0.25) is 0 Å². The van der Waals surface area contributed by atoms with E-state index in [9.17, 15) is 14.9 Å². The smallest absolute Gasteiger partial charge is 0.438 e. The van der Waals surface area contributed by atoms with E-state index >= 15 is 0 Å². The highest BCUT2D eigenvalue weighted by Gasteiger charge is 2.08. The molecule has 7 heteroatoms. The van der Waals surface area contributed by atoms with Crippen LogP contribution in [0, 0.1) is 10.1 Å². The summed E-state index contributed by atoms with van der Waals surface area (Å²) < 4.78 is 8.66. The van der Waals surface area contributed by atoms with Crippen molar-refractivity contribution >= 4 is 6.16 Å². The van der Waals surface area contributed by atoms with E-state index < -0.39 is 17.3 Å². The Bertz CT molecular complexity index is 182. The van der Waals surface area contributed by atoms with Crippen LogP contribution in [0.4, 0.5) is 4.79 Å². The second kappa shape index (κ2) is 6.04. The van der Waals surface area contributed by atoms with Gasteiger partial charge in [0.25, 0.3) is 5.09 Å². The molecule has 0 aromatic carbocycles. The molecule has 76 valence electrons. The van der Waals surface area contributed by atoms with Crippen LogP contribution in [0.5, 0.6) is 0 Å². The molecule has 0 rings (SSSR count). The van der Waals surface area contributed by atoms with E-state index in [2.05, 4.69) is 14.3 Å². The highest BCUT2D eigenvalue weighted by atomic mass is 17.0. The van der Waals surface area contributed by atoms with Crippen molar-refractivity contribution in [2.24, 2.45) is 0 Å². The number of rotatable bonds is 5. The first kappa shape index (κ1) is 11.5. The maximum Gasteiger partial charge on any atom is 0.507 e. The van der Waals surface area contributed by atoms with Gasteiger partial charge in [-0.25, -0.2) is 4.79 Å². The minimum absolute atomic E-state index is 0.0294. The number of carbonyl (C=O) groups is 1. The van der Waals surface area contributed by atoms with Gasteiger partial charge in [-0.05, 0) is 6.92 Å². The van der Waals surface area contributed by atoms with Gasteiger partial charge in [0.05, 0.1) is 13.7 Å².